The van der Waals surface area contributed by atoms with Crippen LogP contribution < -0.4 is 5.32 Å². The van der Waals surface area contributed by atoms with Gasteiger partial charge in [0.25, 0.3) is 5.91 Å². The Morgan fingerprint density at radius 2 is 1.79 bits per heavy atom. The maximum Gasteiger partial charge on any atom is 0.253 e. The fraction of sp³-hybridized carbons (Fsp3) is 0.481. The van der Waals surface area contributed by atoms with Crippen LogP contribution in [0.5, 0.6) is 0 Å². The second kappa shape index (κ2) is 9.31. The second-order valence-electron chi connectivity index (χ2n) is 9.64. The molecule has 0 radical (unpaired) electrons. The quantitative estimate of drug-likeness (QED) is 0.540. The third-order valence-electron chi connectivity index (χ3n) is 7.90. The average molecular weight is 487 g/mol. The third-order valence-corrected chi connectivity index (χ3v) is 8.48. The van der Waals surface area contributed by atoms with E-state index >= 15 is 0 Å². The molecule has 2 fully saturated rings. The zero-order valence-corrected chi connectivity index (χ0v) is 21.2. The van der Waals surface area contributed by atoms with Crippen molar-refractivity contribution in [3.8, 4) is 0 Å². The van der Waals surface area contributed by atoms with Crippen molar-refractivity contribution in [2.45, 2.75) is 58.4 Å². The molecule has 1 aliphatic heterocycles. The van der Waals surface area contributed by atoms with Gasteiger partial charge in [-0.25, -0.2) is 0 Å². The van der Waals surface area contributed by atoms with Crippen LogP contribution in [0.1, 0.15) is 73.9 Å². The largest absolute Gasteiger partial charge is 0.353 e. The Labute approximate surface area is 206 Å². The highest BCUT2D eigenvalue weighted by Crippen LogP contribution is 2.59. The van der Waals surface area contributed by atoms with E-state index in [0.717, 1.165) is 18.4 Å². The Morgan fingerprint density at radius 1 is 1.12 bits per heavy atom. The van der Waals surface area contributed by atoms with Gasteiger partial charge in [0.15, 0.2) is 0 Å². The third kappa shape index (κ3) is 4.17. The van der Waals surface area contributed by atoms with Gasteiger partial charge in [-0.1, -0.05) is 48.3 Å². The van der Waals surface area contributed by atoms with E-state index in [4.69, 9.17) is 23.2 Å². The van der Waals surface area contributed by atoms with Gasteiger partial charge in [0.2, 0.25) is 5.91 Å². The first-order valence-corrected chi connectivity index (χ1v) is 12.6. The van der Waals surface area contributed by atoms with E-state index in [1.807, 2.05) is 44.2 Å². The normalized spacial score (nSPS) is 28.8. The number of amides is 2. The highest BCUT2D eigenvalue weighted by atomic mass is 35.5. The number of carbonyl (C=O) groups is 2. The molecule has 6 heteroatoms. The minimum atomic E-state index is -0.411. The smallest absolute Gasteiger partial charge is 0.253 e. The Hall–Kier alpha value is -2.04. The molecule has 1 aliphatic carbocycles. The summed E-state index contributed by atoms with van der Waals surface area (Å²) in [4.78, 5) is 27.6. The van der Waals surface area contributed by atoms with Crippen molar-refractivity contribution >= 4 is 35.0 Å². The molecule has 0 unspecified atom stereocenters. The molecule has 1 heterocycles. The zero-order chi connectivity index (χ0) is 23.9. The average Bonchev–Trinajstić information content (AvgIpc) is 3.03. The van der Waals surface area contributed by atoms with Crippen molar-refractivity contribution < 1.29 is 9.59 Å². The monoisotopic (exact) mass is 486 g/mol. The Morgan fingerprint density at radius 3 is 2.39 bits per heavy atom. The number of hydrogen-bond acceptors (Lipinski definition) is 2. The first-order chi connectivity index (χ1) is 15.7. The number of nitrogens with zero attached hydrogens (tertiary/aromatic N) is 1. The summed E-state index contributed by atoms with van der Waals surface area (Å²) in [5, 5.41) is 4.51. The summed E-state index contributed by atoms with van der Waals surface area (Å²) in [7, 11) is 0. The van der Waals surface area contributed by atoms with Crippen LogP contribution in [0.25, 0.3) is 0 Å². The summed E-state index contributed by atoms with van der Waals surface area (Å²) < 4.78 is 0. The molecule has 176 valence electrons. The molecule has 0 bridgehead atoms. The highest BCUT2D eigenvalue weighted by Gasteiger charge is 2.57. The van der Waals surface area contributed by atoms with Gasteiger partial charge in [0, 0.05) is 40.7 Å². The fourth-order valence-corrected chi connectivity index (χ4v) is 6.61. The lowest BCUT2D eigenvalue weighted by atomic mass is 9.56. The molecule has 1 saturated carbocycles. The number of carbonyl (C=O) groups excluding carboxylic acids is 2. The van der Waals surface area contributed by atoms with Gasteiger partial charge in [-0.2, -0.15) is 0 Å². The van der Waals surface area contributed by atoms with Crippen molar-refractivity contribution in [3.05, 3.63) is 69.2 Å². The molecule has 0 aromatic heterocycles. The summed E-state index contributed by atoms with van der Waals surface area (Å²) in [6.07, 6.45) is 1.66. The zero-order valence-electron chi connectivity index (χ0n) is 19.7. The minimum absolute atomic E-state index is 0.00173. The van der Waals surface area contributed by atoms with Gasteiger partial charge in [0.05, 0.1) is 5.41 Å². The van der Waals surface area contributed by atoms with Crippen LogP contribution in [0.15, 0.2) is 42.5 Å². The fourth-order valence-electron chi connectivity index (χ4n) is 6.17. The maximum atomic E-state index is 12.9. The molecule has 2 aromatic rings. The molecule has 0 spiro atoms. The van der Waals surface area contributed by atoms with Crippen LogP contribution in [0, 0.1) is 11.3 Å². The van der Waals surface area contributed by atoms with E-state index in [0.29, 0.717) is 28.7 Å². The number of halogens is 2. The number of nitrogens with one attached hydrogen (secondary N) is 1. The first-order valence-electron chi connectivity index (χ1n) is 11.9. The van der Waals surface area contributed by atoms with Gasteiger partial charge >= 0.3 is 0 Å². The van der Waals surface area contributed by atoms with E-state index in [9.17, 15) is 9.59 Å². The summed E-state index contributed by atoms with van der Waals surface area (Å²) in [5.41, 5.74) is 2.41. The summed E-state index contributed by atoms with van der Waals surface area (Å²) >= 11 is 13.0. The van der Waals surface area contributed by atoms with Crippen molar-refractivity contribution in [1.29, 1.82) is 0 Å². The van der Waals surface area contributed by atoms with Gasteiger partial charge in [0.1, 0.15) is 0 Å². The minimum Gasteiger partial charge on any atom is -0.353 e. The molecule has 33 heavy (non-hydrogen) atoms. The molecule has 2 amide bonds. The standard InChI is InChI=1S/C27H32Cl2N2O2/c1-5-31(6-2)25(32)18-9-12-20(22(29)15-18)21-13-14-27(4)24(16(3)30-26(27)33)23(21)17-7-10-19(28)11-8-17/h7-12,15-16,21,23-24H,5-6,13-14H2,1-4H3,(H,30,33)/t16-,21+,23+,24+,27-/m1/s1. The van der Waals surface area contributed by atoms with E-state index in [-0.39, 0.29) is 35.6 Å². The lowest BCUT2D eigenvalue weighted by Crippen LogP contribution is -2.42. The molecule has 5 atom stereocenters. The lowest BCUT2D eigenvalue weighted by Gasteiger charge is -2.46. The Balaban J connectivity index is 1.76. The van der Waals surface area contributed by atoms with Crippen LogP contribution in [-0.4, -0.2) is 35.8 Å². The van der Waals surface area contributed by atoms with E-state index in [1.165, 1.54) is 5.56 Å². The number of rotatable bonds is 5. The van der Waals surface area contributed by atoms with E-state index < -0.39 is 5.41 Å². The Bertz CT molecular complexity index is 1050. The molecular formula is C27H32Cl2N2O2. The van der Waals surface area contributed by atoms with Crippen LogP contribution in [0.4, 0.5) is 0 Å². The maximum absolute atomic E-state index is 12.9. The molecule has 2 aromatic carbocycles. The Kier molecular flexibility index (Phi) is 6.80. The van der Waals surface area contributed by atoms with E-state index in [1.54, 1.807) is 4.90 Å². The molecule has 1 saturated heterocycles. The van der Waals surface area contributed by atoms with Gasteiger partial charge < -0.3 is 10.2 Å². The number of benzene rings is 2. The van der Waals surface area contributed by atoms with Gasteiger partial charge in [-0.3, -0.25) is 9.59 Å². The summed E-state index contributed by atoms with van der Waals surface area (Å²) in [5.74, 6) is 0.529. The number of fused-ring (bicyclic) bond motifs is 1. The highest BCUT2D eigenvalue weighted by molar-refractivity contribution is 6.32. The van der Waals surface area contributed by atoms with Crippen molar-refractivity contribution in [2.24, 2.45) is 11.3 Å². The first kappa shape index (κ1) is 24.1. The van der Waals surface area contributed by atoms with Crippen molar-refractivity contribution in [1.82, 2.24) is 10.2 Å². The molecule has 4 rings (SSSR count). The van der Waals surface area contributed by atoms with Crippen LogP contribution in [0.2, 0.25) is 10.0 Å². The summed E-state index contributed by atoms with van der Waals surface area (Å²) in [6, 6.07) is 13.8. The number of hydrogen-bond donors (Lipinski definition) is 1. The topological polar surface area (TPSA) is 49.4 Å². The van der Waals surface area contributed by atoms with Crippen molar-refractivity contribution in [2.75, 3.05) is 13.1 Å². The summed E-state index contributed by atoms with van der Waals surface area (Å²) in [6.45, 7) is 9.48. The van der Waals surface area contributed by atoms with Crippen LogP contribution in [-0.2, 0) is 4.79 Å². The van der Waals surface area contributed by atoms with Crippen LogP contribution in [0.3, 0.4) is 0 Å². The van der Waals surface area contributed by atoms with Gasteiger partial charge in [-0.05, 0) is 80.8 Å². The predicted molar refractivity (Wildman–Crippen MR) is 134 cm³/mol. The SMILES string of the molecule is CCN(CC)C(=O)c1ccc([C@@H]2CC[C@@]3(C)C(=O)N[C@H](C)[C@H]3[C@H]2c2ccc(Cl)cc2)c(Cl)c1. The van der Waals surface area contributed by atoms with Crippen LogP contribution >= 0.6 is 23.2 Å². The molecule has 2 aliphatic rings. The van der Waals surface area contributed by atoms with Crippen molar-refractivity contribution in [3.63, 3.8) is 0 Å². The lowest BCUT2D eigenvalue weighted by molar-refractivity contribution is -0.129. The molecule has 4 nitrogen and oxygen atoms in total. The molecular weight excluding hydrogens is 455 g/mol. The van der Waals surface area contributed by atoms with E-state index in [2.05, 4.69) is 31.3 Å². The second-order valence-corrected chi connectivity index (χ2v) is 10.5. The molecule has 1 N–H and O–H groups in total. The predicted octanol–water partition coefficient (Wildman–Crippen LogP) is 6.28. The van der Waals surface area contributed by atoms with Gasteiger partial charge in [-0.15, -0.1) is 0 Å².